The number of phenolic OH excluding ortho intramolecular Hbond substituents is 5. The molecule has 8 heteroatoms. The Bertz CT molecular complexity index is 1840. The minimum absolute atomic E-state index is 0.0398. The molecule has 0 bridgehead atoms. The number of ether oxygens (including phenoxy) is 2. The molecule has 0 aromatic heterocycles. The minimum Gasteiger partial charge on any atom is -0.508 e. The predicted octanol–water partition coefficient (Wildman–Crippen LogP) is 6.56. The molecule has 4 atom stereocenters. The second-order valence-corrected chi connectivity index (χ2v) is 10.9. The Kier molecular flexibility index (Phi) is 6.13. The van der Waals surface area contributed by atoms with Crippen LogP contribution in [0.4, 0.5) is 0 Å². The summed E-state index contributed by atoms with van der Waals surface area (Å²) in [5, 5.41) is 51.9. The Labute approximate surface area is 246 Å². The van der Waals surface area contributed by atoms with Crippen LogP contribution in [0.2, 0.25) is 0 Å². The van der Waals surface area contributed by atoms with Gasteiger partial charge in [-0.1, -0.05) is 24.3 Å². The lowest BCUT2D eigenvalue weighted by Gasteiger charge is -2.26. The maximum atomic E-state index is 11.8. The van der Waals surface area contributed by atoms with E-state index in [9.17, 15) is 30.3 Å². The summed E-state index contributed by atoms with van der Waals surface area (Å²) >= 11 is 0. The van der Waals surface area contributed by atoms with Crippen molar-refractivity contribution in [2.24, 2.45) is 0 Å². The van der Waals surface area contributed by atoms with Crippen LogP contribution in [0, 0.1) is 0 Å². The summed E-state index contributed by atoms with van der Waals surface area (Å²) in [5.74, 6) is -0.194. The molecule has 0 amide bonds. The maximum absolute atomic E-state index is 11.8. The number of hydrogen-bond acceptors (Lipinski definition) is 8. The molecule has 7 rings (SSSR count). The van der Waals surface area contributed by atoms with Gasteiger partial charge in [0.05, 0.1) is 11.8 Å². The fourth-order valence-electron chi connectivity index (χ4n) is 6.35. The zero-order valence-electron chi connectivity index (χ0n) is 22.6. The van der Waals surface area contributed by atoms with Crippen molar-refractivity contribution in [3.05, 3.63) is 136 Å². The van der Waals surface area contributed by atoms with Gasteiger partial charge in [0.1, 0.15) is 58.7 Å². The van der Waals surface area contributed by atoms with Gasteiger partial charge >= 0.3 is 0 Å². The molecule has 43 heavy (non-hydrogen) atoms. The summed E-state index contributed by atoms with van der Waals surface area (Å²) in [5.41, 5.74) is 4.65. The fourth-order valence-corrected chi connectivity index (χ4v) is 6.35. The van der Waals surface area contributed by atoms with E-state index in [0.29, 0.717) is 33.8 Å². The van der Waals surface area contributed by atoms with Crippen LogP contribution in [0.5, 0.6) is 40.2 Å². The lowest BCUT2D eigenvalue weighted by atomic mass is 9.76. The van der Waals surface area contributed by atoms with Gasteiger partial charge in [0.15, 0.2) is 0 Å². The number of benzene rings is 5. The lowest BCUT2D eigenvalue weighted by molar-refractivity contribution is 0.112. The molecule has 5 aromatic rings. The Morgan fingerprint density at radius 2 is 1.05 bits per heavy atom. The number of carbonyl (C=O) groups excluding carboxylic acids is 1. The van der Waals surface area contributed by atoms with Gasteiger partial charge in [0.25, 0.3) is 0 Å². The van der Waals surface area contributed by atoms with Gasteiger partial charge in [-0.25, -0.2) is 0 Å². The third-order valence-corrected chi connectivity index (χ3v) is 8.15. The van der Waals surface area contributed by atoms with Crippen LogP contribution < -0.4 is 9.47 Å². The van der Waals surface area contributed by atoms with Crippen LogP contribution in [0.3, 0.4) is 0 Å². The monoisotopic (exact) mass is 574 g/mol. The van der Waals surface area contributed by atoms with E-state index >= 15 is 0 Å². The molecule has 5 N–H and O–H groups in total. The van der Waals surface area contributed by atoms with Crippen LogP contribution in [-0.2, 0) is 0 Å². The number of fused-ring (bicyclic) bond motifs is 2. The molecule has 0 saturated carbocycles. The van der Waals surface area contributed by atoms with Crippen LogP contribution >= 0.6 is 0 Å². The van der Waals surface area contributed by atoms with Gasteiger partial charge in [-0.3, -0.25) is 4.79 Å². The number of aldehydes is 1. The van der Waals surface area contributed by atoms with Crippen molar-refractivity contribution in [1.82, 2.24) is 0 Å². The molecule has 0 radical (unpaired) electrons. The Morgan fingerprint density at radius 1 is 0.488 bits per heavy atom. The van der Waals surface area contributed by atoms with Gasteiger partial charge in [-0.15, -0.1) is 0 Å². The van der Waals surface area contributed by atoms with Crippen LogP contribution in [0.1, 0.15) is 67.8 Å². The smallest absolute Gasteiger partial charge is 0.150 e. The summed E-state index contributed by atoms with van der Waals surface area (Å²) in [6.45, 7) is 0. The molecule has 0 spiro atoms. The van der Waals surface area contributed by atoms with E-state index in [2.05, 4.69) is 0 Å². The lowest BCUT2D eigenvalue weighted by Crippen LogP contribution is -2.16. The molecule has 214 valence electrons. The van der Waals surface area contributed by atoms with Gasteiger partial charge in [0.2, 0.25) is 0 Å². The Morgan fingerprint density at radius 3 is 1.65 bits per heavy atom. The number of aromatic hydroxyl groups is 5. The van der Waals surface area contributed by atoms with Crippen molar-refractivity contribution in [2.75, 3.05) is 0 Å². The normalized spacial score (nSPS) is 20.1. The number of carbonyl (C=O) groups is 1. The summed E-state index contributed by atoms with van der Waals surface area (Å²) in [6, 6.07) is 26.0. The van der Waals surface area contributed by atoms with E-state index in [1.54, 1.807) is 84.9 Å². The molecule has 2 aliphatic heterocycles. The maximum Gasteiger partial charge on any atom is 0.150 e. The topological polar surface area (TPSA) is 137 Å². The molecular weight excluding hydrogens is 548 g/mol. The standard InChI is InChI=1S/C35H26O8/c36-17-18-1-10-29-27(11-18)32(35(42-29)20-4-8-23(38)9-5-20)28-15-26(41)16-30-33(28)31(21-12-24(39)14-25(40)13-21)34(43-30)19-2-6-22(37)7-3-19/h1-17,31-32,34-35,37-41H/t31-,32+,34+,35+/m0/s1. The van der Waals surface area contributed by atoms with E-state index in [4.69, 9.17) is 9.47 Å². The van der Waals surface area contributed by atoms with E-state index in [-0.39, 0.29) is 28.7 Å². The second kappa shape index (κ2) is 10.0. The van der Waals surface area contributed by atoms with E-state index in [1.807, 2.05) is 0 Å². The highest BCUT2D eigenvalue weighted by Gasteiger charge is 2.45. The van der Waals surface area contributed by atoms with Crippen LogP contribution in [0.15, 0.2) is 97.1 Å². The molecule has 2 aliphatic rings. The molecule has 0 unspecified atom stereocenters. The summed E-state index contributed by atoms with van der Waals surface area (Å²) in [6.07, 6.45) is -0.470. The van der Waals surface area contributed by atoms with E-state index < -0.39 is 24.0 Å². The third-order valence-electron chi connectivity index (χ3n) is 8.15. The van der Waals surface area contributed by atoms with Crippen molar-refractivity contribution in [2.45, 2.75) is 24.0 Å². The first kappa shape index (κ1) is 26.3. The first-order valence-electron chi connectivity index (χ1n) is 13.7. The average molecular weight is 575 g/mol. The van der Waals surface area contributed by atoms with Crippen molar-refractivity contribution in [3.8, 4) is 40.2 Å². The average Bonchev–Trinajstić information content (AvgIpc) is 3.55. The highest BCUT2D eigenvalue weighted by Crippen LogP contribution is 2.58. The molecule has 0 fully saturated rings. The fraction of sp³-hybridized carbons (Fsp3) is 0.114. The largest absolute Gasteiger partial charge is 0.508 e. The van der Waals surface area contributed by atoms with E-state index in [0.717, 1.165) is 23.0 Å². The van der Waals surface area contributed by atoms with Crippen LogP contribution in [-0.4, -0.2) is 31.8 Å². The van der Waals surface area contributed by atoms with Gasteiger partial charge in [-0.2, -0.15) is 0 Å². The number of phenols is 5. The molecule has 0 saturated heterocycles. The van der Waals surface area contributed by atoms with Gasteiger partial charge < -0.3 is 35.0 Å². The minimum atomic E-state index is -0.646. The van der Waals surface area contributed by atoms with Crippen LogP contribution in [0.25, 0.3) is 0 Å². The highest BCUT2D eigenvalue weighted by atomic mass is 16.5. The summed E-state index contributed by atoms with van der Waals surface area (Å²) in [7, 11) is 0. The zero-order chi connectivity index (χ0) is 29.8. The Balaban J connectivity index is 1.48. The third kappa shape index (κ3) is 4.53. The molecular formula is C35H26O8. The SMILES string of the molecule is O=Cc1ccc2c(c1)[C@H](c1cc(O)cc3c1[C@H](c1cc(O)cc(O)c1)[C@@H](c1ccc(O)cc1)O3)[C@@H](c1ccc(O)cc1)O2. The van der Waals surface area contributed by atoms with E-state index in [1.165, 1.54) is 12.1 Å². The molecule has 2 heterocycles. The zero-order valence-corrected chi connectivity index (χ0v) is 22.6. The van der Waals surface area contributed by atoms with Gasteiger partial charge in [-0.05, 0) is 82.9 Å². The number of hydrogen-bond donors (Lipinski definition) is 5. The quantitative estimate of drug-likeness (QED) is 0.149. The predicted molar refractivity (Wildman–Crippen MR) is 156 cm³/mol. The summed E-state index contributed by atoms with van der Waals surface area (Å²) < 4.78 is 13.0. The first-order chi connectivity index (χ1) is 20.8. The van der Waals surface area contributed by atoms with Crippen molar-refractivity contribution in [3.63, 3.8) is 0 Å². The van der Waals surface area contributed by atoms with Crippen molar-refractivity contribution >= 4 is 6.29 Å². The van der Waals surface area contributed by atoms with Crippen molar-refractivity contribution < 1.29 is 39.8 Å². The molecule has 0 aliphatic carbocycles. The second-order valence-electron chi connectivity index (χ2n) is 10.9. The van der Waals surface area contributed by atoms with Gasteiger partial charge in [0, 0.05) is 28.8 Å². The van der Waals surface area contributed by atoms with Crippen molar-refractivity contribution in [1.29, 1.82) is 0 Å². The Hall–Kier alpha value is -5.63. The summed E-state index contributed by atoms with van der Waals surface area (Å²) in [4.78, 5) is 11.8. The molecule has 5 aromatic carbocycles. The highest BCUT2D eigenvalue weighted by molar-refractivity contribution is 5.76. The first-order valence-corrected chi connectivity index (χ1v) is 13.7. The number of rotatable bonds is 5. The molecule has 8 nitrogen and oxygen atoms in total.